The summed E-state index contributed by atoms with van der Waals surface area (Å²) in [4.78, 5) is 8.89. The second-order valence-electron chi connectivity index (χ2n) is 4.54. The number of aromatic nitrogens is 1. The first-order valence-corrected chi connectivity index (χ1v) is 8.72. The topological polar surface area (TPSA) is 34.5 Å². The monoisotopic (exact) mass is 350 g/mol. The van der Waals surface area contributed by atoms with Crippen LogP contribution in [0.3, 0.4) is 0 Å². The Morgan fingerprint density at radius 3 is 2.70 bits per heavy atom. The van der Waals surface area contributed by atoms with Gasteiger partial charge in [-0.1, -0.05) is 11.8 Å². The molecule has 0 N–H and O–H groups in total. The van der Waals surface area contributed by atoms with Crippen LogP contribution in [0.5, 0.6) is 5.75 Å². The molecular weight excluding hydrogens is 338 g/mol. The number of ether oxygens (including phenoxy) is 1. The first-order valence-electron chi connectivity index (χ1n) is 6.67. The van der Waals surface area contributed by atoms with E-state index in [-0.39, 0.29) is 5.75 Å². The van der Waals surface area contributed by atoms with Crippen LogP contribution in [0.2, 0.25) is 0 Å². The lowest BCUT2D eigenvalue weighted by atomic mass is 10.2. The van der Waals surface area contributed by atoms with Crippen molar-refractivity contribution in [1.82, 2.24) is 4.98 Å². The zero-order valence-corrected chi connectivity index (χ0v) is 13.7. The number of thioether (sulfide) groups is 1. The first-order chi connectivity index (χ1) is 11.1. The van der Waals surface area contributed by atoms with E-state index in [1.807, 2.05) is 24.5 Å². The SMILES string of the molecule is CSc1nc2ccc(N=Cc3ccc(OC(F)F)cc3)cc2s1. The quantitative estimate of drug-likeness (QED) is 0.458. The molecule has 118 valence electrons. The summed E-state index contributed by atoms with van der Waals surface area (Å²) in [6, 6.07) is 12.2. The highest BCUT2D eigenvalue weighted by molar-refractivity contribution is 8.00. The molecule has 0 aliphatic heterocycles. The fraction of sp³-hybridized carbons (Fsp3) is 0.125. The van der Waals surface area contributed by atoms with Crippen molar-refractivity contribution in [1.29, 1.82) is 0 Å². The summed E-state index contributed by atoms with van der Waals surface area (Å²) in [5.74, 6) is 0.132. The minimum atomic E-state index is -2.81. The third kappa shape index (κ3) is 4.05. The number of hydrogen-bond donors (Lipinski definition) is 0. The number of benzene rings is 2. The van der Waals surface area contributed by atoms with Gasteiger partial charge in [0.15, 0.2) is 4.34 Å². The number of alkyl halides is 2. The summed E-state index contributed by atoms with van der Waals surface area (Å²) < 4.78 is 30.6. The van der Waals surface area contributed by atoms with Crippen LogP contribution in [0, 0.1) is 0 Å². The van der Waals surface area contributed by atoms with Crippen LogP contribution in [0.1, 0.15) is 5.56 Å². The predicted octanol–water partition coefficient (Wildman–Crippen LogP) is 5.37. The fourth-order valence-electron chi connectivity index (χ4n) is 1.94. The van der Waals surface area contributed by atoms with Crippen LogP contribution in [0.4, 0.5) is 14.5 Å². The van der Waals surface area contributed by atoms with E-state index in [0.29, 0.717) is 0 Å². The van der Waals surface area contributed by atoms with Gasteiger partial charge in [-0.2, -0.15) is 8.78 Å². The molecular formula is C16H12F2N2OS2. The molecule has 1 aromatic heterocycles. The van der Waals surface area contributed by atoms with Crippen molar-refractivity contribution in [3.8, 4) is 5.75 Å². The average Bonchev–Trinajstić information content (AvgIpc) is 2.96. The molecule has 0 atom stereocenters. The molecule has 0 unspecified atom stereocenters. The maximum Gasteiger partial charge on any atom is 0.387 e. The van der Waals surface area contributed by atoms with E-state index in [0.717, 1.165) is 25.8 Å². The molecule has 0 fully saturated rings. The van der Waals surface area contributed by atoms with E-state index in [9.17, 15) is 8.78 Å². The van der Waals surface area contributed by atoms with Gasteiger partial charge in [-0.15, -0.1) is 11.3 Å². The van der Waals surface area contributed by atoms with Gasteiger partial charge in [0, 0.05) is 6.21 Å². The fourth-order valence-corrected chi connectivity index (χ4v) is 3.47. The van der Waals surface area contributed by atoms with Crippen molar-refractivity contribution in [2.45, 2.75) is 11.0 Å². The molecule has 0 amide bonds. The van der Waals surface area contributed by atoms with Crippen LogP contribution in [-0.2, 0) is 0 Å². The number of hydrogen-bond acceptors (Lipinski definition) is 5. The van der Waals surface area contributed by atoms with Crippen molar-refractivity contribution < 1.29 is 13.5 Å². The lowest BCUT2D eigenvalue weighted by molar-refractivity contribution is -0.0498. The van der Waals surface area contributed by atoms with E-state index in [2.05, 4.69) is 14.7 Å². The summed E-state index contributed by atoms with van der Waals surface area (Å²) in [6.45, 7) is -2.81. The molecule has 2 aromatic carbocycles. The number of thiazole rings is 1. The largest absolute Gasteiger partial charge is 0.435 e. The highest BCUT2D eigenvalue weighted by Gasteiger charge is 2.04. The molecule has 0 aliphatic carbocycles. The van der Waals surface area contributed by atoms with Crippen molar-refractivity contribution in [2.24, 2.45) is 4.99 Å². The van der Waals surface area contributed by atoms with E-state index < -0.39 is 6.61 Å². The molecule has 0 saturated carbocycles. The lowest BCUT2D eigenvalue weighted by Gasteiger charge is -2.03. The molecule has 0 aliphatic rings. The van der Waals surface area contributed by atoms with Crippen molar-refractivity contribution >= 4 is 45.2 Å². The van der Waals surface area contributed by atoms with E-state index >= 15 is 0 Å². The zero-order chi connectivity index (χ0) is 16.2. The highest BCUT2D eigenvalue weighted by Crippen LogP contribution is 2.30. The second-order valence-corrected chi connectivity index (χ2v) is 6.63. The van der Waals surface area contributed by atoms with Crippen molar-refractivity contribution in [2.75, 3.05) is 6.26 Å². The Bertz CT molecular complexity index is 832. The van der Waals surface area contributed by atoms with Crippen LogP contribution in [0.25, 0.3) is 10.2 Å². The van der Waals surface area contributed by atoms with E-state index in [1.165, 1.54) is 12.1 Å². The third-order valence-electron chi connectivity index (χ3n) is 2.99. The molecule has 23 heavy (non-hydrogen) atoms. The molecule has 1 heterocycles. The maximum atomic E-state index is 12.1. The van der Waals surface area contributed by atoms with Gasteiger partial charge in [-0.25, -0.2) is 4.98 Å². The molecule has 0 radical (unpaired) electrons. The number of halogens is 2. The standard InChI is InChI=1S/C16H12F2N2OS2/c1-22-16-20-13-7-4-11(8-14(13)23-16)19-9-10-2-5-12(6-3-10)21-15(17)18/h2-9,15H,1H3. The number of nitrogens with zero attached hydrogens (tertiary/aromatic N) is 2. The summed E-state index contributed by atoms with van der Waals surface area (Å²) in [5, 5.41) is 0. The van der Waals surface area contributed by atoms with Gasteiger partial charge in [0.05, 0.1) is 15.9 Å². The Labute approximate surface area is 140 Å². The highest BCUT2D eigenvalue weighted by atomic mass is 32.2. The van der Waals surface area contributed by atoms with Gasteiger partial charge < -0.3 is 4.74 Å². The smallest absolute Gasteiger partial charge is 0.387 e. The summed E-state index contributed by atoms with van der Waals surface area (Å²) in [5.41, 5.74) is 2.59. The van der Waals surface area contributed by atoms with Crippen LogP contribution >= 0.6 is 23.1 Å². The van der Waals surface area contributed by atoms with Crippen molar-refractivity contribution in [3.63, 3.8) is 0 Å². The van der Waals surface area contributed by atoms with Gasteiger partial charge in [-0.05, 0) is 54.3 Å². The van der Waals surface area contributed by atoms with Crippen LogP contribution < -0.4 is 4.74 Å². The summed E-state index contributed by atoms with van der Waals surface area (Å²) in [7, 11) is 0. The van der Waals surface area contributed by atoms with Crippen molar-refractivity contribution in [3.05, 3.63) is 48.0 Å². The summed E-state index contributed by atoms with van der Waals surface area (Å²) in [6.07, 6.45) is 3.68. The van der Waals surface area contributed by atoms with Gasteiger partial charge in [0.2, 0.25) is 0 Å². The van der Waals surface area contributed by atoms with Gasteiger partial charge in [-0.3, -0.25) is 4.99 Å². The molecule has 3 aromatic rings. The van der Waals surface area contributed by atoms with E-state index in [4.69, 9.17) is 0 Å². The van der Waals surface area contributed by atoms with Gasteiger partial charge in [0.1, 0.15) is 5.75 Å². The Morgan fingerprint density at radius 2 is 2.00 bits per heavy atom. The Balaban J connectivity index is 1.76. The molecule has 0 spiro atoms. The molecule has 3 nitrogen and oxygen atoms in total. The Hall–Kier alpha value is -1.99. The Morgan fingerprint density at radius 1 is 1.22 bits per heavy atom. The van der Waals surface area contributed by atoms with Crippen LogP contribution in [0.15, 0.2) is 51.8 Å². The number of fused-ring (bicyclic) bond motifs is 1. The minimum Gasteiger partial charge on any atom is -0.435 e. The molecule has 0 bridgehead atoms. The lowest BCUT2D eigenvalue weighted by Crippen LogP contribution is -2.01. The molecule has 0 saturated heterocycles. The second kappa shape index (κ2) is 7.06. The molecule has 7 heteroatoms. The normalized spacial score (nSPS) is 11.7. The third-order valence-corrected chi connectivity index (χ3v) is 5.00. The van der Waals surface area contributed by atoms with Gasteiger partial charge in [0.25, 0.3) is 0 Å². The zero-order valence-electron chi connectivity index (χ0n) is 12.1. The maximum absolute atomic E-state index is 12.1. The Kier molecular flexibility index (Phi) is 4.88. The molecule has 3 rings (SSSR count). The summed E-state index contributed by atoms with van der Waals surface area (Å²) >= 11 is 3.25. The van der Waals surface area contributed by atoms with Gasteiger partial charge >= 0.3 is 6.61 Å². The number of aliphatic imine (C=N–C) groups is 1. The number of rotatable bonds is 5. The average molecular weight is 350 g/mol. The minimum absolute atomic E-state index is 0.132. The first kappa shape index (κ1) is 15.9. The van der Waals surface area contributed by atoms with E-state index in [1.54, 1.807) is 41.4 Å². The van der Waals surface area contributed by atoms with Crippen LogP contribution in [-0.4, -0.2) is 24.1 Å². The predicted molar refractivity (Wildman–Crippen MR) is 91.7 cm³/mol.